The van der Waals surface area contributed by atoms with Crippen molar-refractivity contribution >= 4 is 17.7 Å². The molecule has 6 aromatic rings. The summed E-state index contributed by atoms with van der Waals surface area (Å²) in [6, 6.07) is 56.0. The third-order valence-electron chi connectivity index (χ3n) is 9.46. The number of ether oxygens (including phenoxy) is 2. The SMILES string of the molecule is C.C[C@H](CC(=O)Cc1ccc(-c2ccccc2)cc1)C(=O)OCc1ccccc1.C[C@H](C[C@H](N)Cc1ccc(-c2ccccc2)cc1)C(=O)OCc1ccccc1. The van der Waals surface area contributed by atoms with Crippen LogP contribution in [0, 0.1) is 11.8 Å². The fraction of sp³-hybridized carbons (Fsp3) is 0.235. The maximum Gasteiger partial charge on any atom is 0.309 e. The summed E-state index contributed by atoms with van der Waals surface area (Å²) in [5.74, 6) is -1.16. The van der Waals surface area contributed by atoms with Gasteiger partial charge in [-0.2, -0.15) is 0 Å². The van der Waals surface area contributed by atoms with Crippen molar-refractivity contribution in [3.63, 3.8) is 0 Å². The van der Waals surface area contributed by atoms with Gasteiger partial charge in [0, 0.05) is 18.9 Å². The molecular weight excluding hydrogens is 707 g/mol. The average Bonchev–Trinajstić information content (AvgIpc) is 3.24. The largest absolute Gasteiger partial charge is 0.461 e. The molecule has 0 fully saturated rings. The van der Waals surface area contributed by atoms with Crippen LogP contribution in [0.1, 0.15) is 56.4 Å². The lowest BCUT2D eigenvalue weighted by Crippen LogP contribution is -2.29. The number of carbonyl (C=O) groups is 3. The van der Waals surface area contributed by atoms with E-state index in [2.05, 4.69) is 48.5 Å². The van der Waals surface area contributed by atoms with Crippen molar-refractivity contribution in [2.75, 3.05) is 0 Å². The zero-order chi connectivity index (χ0) is 39.5. The van der Waals surface area contributed by atoms with Gasteiger partial charge in [0.2, 0.25) is 0 Å². The Morgan fingerprint density at radius 1 is 0.474 bits per heavy atom. The van der Waals surface area contributed by atoms with Gasteiger partial charge in [0.25, 0.3) is 0 Å². The second-order valence-corrected chi connectivity index (χ2v) is 14.2. The number of hydrogen-bond acceptors (Lipinski definition) is 6. The summed E-state index contributed by atoms with van der Waals surface area (Å²) in [6.45, 7) is 4.16. The van der Waals surface area contributed by atoms with Crippen LogP contribution >= 0.6 is 0 Å². The van der Waals surface area contributed by atoms with Crippen LogP contribution in [0.5, 0.6) is 0 Å². The third-order valence-corrected chi connectivity index (χ3v) is 9.46. The minimum Gasteiger partial charge on any atom is -0.461 e. The Labute approximate surface area is 338 Å². The van der Waals surface area contributed by atoms with Crippen LogP contribution in [-0.2, 0) is 49.9 Å². The highest BCUT2D eigenvalue weighted by Crippen LogP contribution is 2.22. The standard InChI is InChI=1S/C25H27NO2.C25H24O3.CH4/c2*1-19(25(27)28-18-21-8-4-2-5-9-21)16-24(26)17-20-12-14-23(15-13-20)22-10-6-3-7-11-22;/h2-15,19,24H,16-18,26H2,1H3;2-15,19H,16-18H2,1H3;1H4/t19-,24+;19-;/m11./s1. The lowest BCUT2D eigenvalue weighted by molar-refractivity contribution is -0.151. The summed E-state index contributed by atoms with van der Waals surface area (Å²) in [5.41, 5.74) is 15.0. The second kappa shape index (κ2) is 23.1. The topological polar surface area (TPSA) is 95.7 Å². The molecule has 3 atom stereocenters. The quantitative estimate of drug-likeness (QED) is 0.0987. The van der Waals surface area contributed by atoms with Gasteiger partial charge in [0.1, 0.15) is 19.0 Å². The Bertz CT molecular complexity index is 2070. The molecule has 0 amide bonds. The Balaban J connectivity index is 0.000000248. The van der Waals surface area contributed by atoms with Crippen molar-refractivity contribution in [2.45, 2.75) is 66.2 Å². The van der Waals surface area contributed by atoms with Gasteiger partial charge < -0.3 is 15.2 Å². The molecule has 0 aliphatic rings. The van der Waals surface area contributed by atoms with E-state index in [0.717, 1.165) is 34.2 Å². The van der Waals surface area contributed by atoms with Crippen LogP contribution in [0.2, 0.25) is 0 Å². The van der Waals surface area contributed by atoms with Gasteiger partial charge >= 0.3 is 11.9 Å². The van der Waals surface area contributed by atoms with Crippen LogP contribution in [-0.4, -0.2) is 23.8 Å². The van der Waals surface area contributed by atoms with E-state index in [4.69, 9.17) is 15.2 Å². The molecule has 0 aromatic heterocycles. The number of nitrogens with two attached hydrogens (primary N) is 1. The number of hydrogen-bond donors (Lipinski definition) is 1. The van der Waals surface area contributed by atoms with Gasteiger partial charge in [0.05, 0.1) is 11.8 Å². The first-order chi connectivity index (χ1) is 27.2. The van der Waals surface area contributed by atoms with Crippen molar-refractivity contribution in [3.8, 4) is 22.3 Å². The number of esters is 2. The molecule has 0 saturated heterocycles. The van der Waals surface area contributed by atoms with Crippen molar-refractivity contribution < 1.29 is 23.9 Å². The average molecular weight is 762 g/mol. The van der Waals surface area contributed by atoms with Crippen molar-refractivity contribution in [1.82, 2.24) is 0 Å². The molecule has 0 bridgehead atoms. The molecular formula is C51H55NO5. The molecule has 0 spiro atoms. The first kappa shape index (κ1) is 43.6. The summed E-state index contributed by atoms with van der Waals surface area (Å²) in [5, 5.41) is 0. The minimum atomic E-state index is -0.445. The number of Topliss-reactive ketones (excluding diaryl/α,β-unsaturated/α-hetero) is 1. The molecule has 6 rings (SSSR count). The second-order valence-electron chi connectivity index (χ2n) is 14.2. The van der Waals surface area contributed by atoms with Crippen LogP contribution < -0.4 is 5.73 Å². The first-order valence-electron chi connectivity index (χ1n) is 19.2. The van der Waals surface area contributed by atoms with E-state index in [9.17, 15) is 14.4 Å². The van der Waals surface area contributed by atoms with E-state index >= 15 is 0 Å². The first-order valence-corrected chi connectivity index (χ1v) is 19.2. The summed E-state index contributed by atoms with van der Waals surface area (Å²) in [6.07, 6.45) is 1.86. The molecule has 0 aliphatic heterocycles. The zero-order valence-electron chi connectivity index (χ0n) is 32.3. The summed E-state index contributed by atoms with van der Waals surface area (Å²) in [7, 11) is 0. The third kappa shape index (κ3) is 14.8. The lowest BCUT2D eigenvalue weighted by Gasteiger charge is -2.17. The number of rotatable bonds is 16. The predicted molar refractivity (Wildman–Crippen MR) is 231 cm³/mol. The summed E-state index contributed by atoms with van der Waals surface area (Å²) < 4.78 is 10.7. The fourth-order valence-corrected chi connectivity index (χ4v) is 6.31. The van der Waals surface area contributed by atoms with Gasteiger partial charge in [-0.25, -0.2) is 0 Å². The molecule has 0 unspecified atom stereocenters. The molecule has 0 heterocycles. The predicted octanol–water partition coefficient (Wildman–Crippen LogP) is 10.9. The van der Waals surface area contributed by atoms with Crippen LogP contribution in [0.4, 0.5) is 0 Å². The molecule has 2 N–H and O–H groups in total. The Morgan fingerprint density at radius 2 is 0.842 bits per heavy atom. The van der Waals surface area contributed by atoms with Gasteiger partial charge in [-0.3, -0.25) is 14.4 Å². The van der Waals surface area contributed by atoms with Crippen molar-refractivity contribution in [1.29, 1.82) is 0 Å². The van der Waals surface area contributed by atoms with Crippen LogP contribution in [0.15, 0.2) is 170 Å². The minimum absolute atomic E-state index is 0. The maximum absolute atomic E-state index is 12.3. The highest BCUT2D eigenvalue weighted by Gasteiger charge is 2.20. The zero-order valence-corrected chi connectivity index (χ0v) is 32.3. The molecule has 57 heavy (non-hydrogen) atoms. The number of carbonyl (C=O) groups excluding carboxylic acids is 3. The van der Waals surface area contributed by atoms with E-state index < -0.39 is 5.92 Å². The van der Waals surface area contributed by atoms with E-state index in [1.807, 2.05) is 128 Å². The lowest BCUT2D eigenvalue weighted by atomic mass is 9.95. The molecule has 294 valence electrons. The van der Waals surface area contributed by atoms with Gasteiger partial charge in [0.15, 0.2) is 0 Å². The van der Waals surface area contributed by atoms with E-state index in [-0.39, 0.29) is 50.1 Å². The van der Waals surface area contributed by atoms with Gasteiger partial charge in [-0.1, -0.05) is 191 Å². The van der Waals surface area contributed by atoms with Crippen molar-refractivity contribution in [3.05, 3.63) is 192 Å². The van der Waals surface area contributed by atoms with Gasteiger partial charge in [-0.05, 0) is 57.3 Å². The monoisotopic (exact) mass is 761 g/mol. The maximum atomic E-state index is 12.3. The van der Waals surface area contributed by atoms with Crippen LogP contribution in [0.3, 0.4) is 0 Å². The highest BCUT2D eigenvalue weighted by molar-refractivity contribution is 5.86. The number of benzene rings is 6. The Morgan fingerprint density at radius 3 is 1.28 bits per heavy atom. The summed E-state index contributed by atoms with van der Waals surface area (Å²) >= 11 is 0. The molecule has 0 aliphatic carbocycles. The molecule has 0 radical (unpaired) electrons. The Hall–Kier alpha value is -6.11. The fourth-order valence-electron chi connectivity index (χ4n) is 6.31. The molecule has 6 aromatic carbocycles. The molecule has 6 nitrogen and oxygen atoms in total. The number of ketones is 1. The molecule has 6 heteroatoms. The normalized spacial score (nSPS) is 12.1. The van der Waals surface area contributed by atoms with E-state index in [1.165, 1.54) is 16.7 Å². The molecule has 0 saturated carbocycles. The van der Waals surface area contributed by atoms with Gasteiger partial charge in [-0.15, -0.1) is 0 Å². The smallest absolute Gasteiger partial charge is 0.309 e. The Kier molecular flexibility index (Phi) is 17.7. The van der Waals surface area contributed by atoms with E-state index in [0.29, 0.717) is 19.4 Å². The van der Waals surface area contributed by atoms with E-state index in [1.54, 1.807) is 6.92 Å². The highest BCUT2D eigenvalue weighted by atomic mass is 16.5. The summed E-state index contributed by atoms with van der Waals surface area (Å²) in [4.78, 5) is 36.7. The van der Waals surface area contributed by atoms with Crippen LogP contribution in [0.25, 0.3) is 22.3 Å². The van der Waals surface area contributed by atoms with Crippen molar-refractivity contribution in [2.24, 2.45) is 17.6 Å².